The van der Waals surface area contributed by atoms with Crippen molar-refractivity contribution in [3.05, 3.63) is 29.3 Å². The van der Waals surface area contributed by atoms with Crippen LogP contribution in [0, 0.1) is 0 Å². The third-order valence-corrected chi connectivity index (χ3v) is 2.65. The van der Waals surface area contributed by atoms with Gasteiger partial charge >= 0.3 is 0 Å². The lowest BCUT2D eigenvalue weighted by Crippen LogP contribution is -2.24. The van der Waals surface area contributed by atoms with Crippen molar-refractivity contribution in [3.8, 4) is 5.75 Å². The number of benzene rings is 1. The molecule has 4 nitrogen and oxygen atoms in total. The standard InChI is InChI=1S/C15H23NO3/c1-5-8-16-15(17)12-6-7-14(18-4)13(9-12)10-19-11(2)3/h6-7,9,11H,5,8,10H2,1-4H3,(H,16,17). The zero-order chi connectivity index (χ0) is 14.3. The normalized spacial score (nSPS) is 10.6. The summed E-state index contributed by atoms with van der Waals surface area (Å²) in [6.45, 7) is 7.10. The van der Waals surface area contributed by atoms with E-state index in [1.165, 1.54) is 0 Å². The lowest BCUT2D eigenvalue weighted by Gasteiger charge is -2.13. The van der Waals surface area contributed by atoms with Gasteiger partial charge in [0.25, 0.3) is 5.91 Å². The molecule has 0 heterocycles. The maximum atomic E-state index is 11.9. The second-order valence-electron chi connectivity index (χ2n) is 4.64. The molecule has 0 aromatic heterocycles. The lowest BCUT2D eigenvalue weighted by molar-refractivity contribution is 0.0644. The van der Waals surface area contributed by atoms with Crippen molar-refractivity contribution in [1.82, 2.24) is 5.32 Å². The number of rotatable bonds is 7. The van der Waals surface area contributed by atoms with E-state index in [1.54, 1.807) is 19.2 Å². The molecule has 1 N–H and O–H groups in total. The minimum Gasteiger partial charge on any atom is -0.496 e. The Morgan fingerprint density at radius 1 is 1.37 bits per heavy atom. The van der Waals surface area contributed by atoms with Crippen molar-refractivity contribution in [3.63, 3.8) is 0 Å². The van der Waals surface area contributed by atoms with Crippen LogP contribution in [0.1, 0.15) is 43.1 Å². The van der Waals surface area contributed by atoms with E-state index in [-0.39, 0.29) is 12.0 Å². The van der Waals surface area contributed by atoms with Crippen LogP contribution in [-0.4, -0.2) is 25.7 Å². The number of hydrogen-bond acceptors (Lipinski definition) is 3. The molecule has 0 unspecified atom stereocenters. The van der Waals surface area contributed by atoms with Gasteiger partial charge in [0, 0.05) is 17.7 Å². The summed E-state index contributed by atoms with van der Waals surface area (Å²) >= 11 is 0. The lowest BCUT2D eigenvalue weighted by atomic mass is 10.1. The molecule has 0 spiro atoms. The van der Waals surface area contributed by atoms with E-state index in [9.17, 15) is 4.79 Å². The zero-order valence-corrected chi connectivity index (χ0v) is 12.2. The molecule has 0 aliphatic carbocycles. The average molecular weight is 265 g/mol. The minimum atomic E-state index is -0.0599. The van der Waals surface area contributed by atoms with Gasteiger partial charge in [-0.05, 0) is 38.5 Å². The van der Waals surface area contributed by atoms with Crippen molar-refractivity contribution in [2.24, 2.45) is 0 Å². The zero-order valence-electron chi connectivity index (χ0n) is 12.2. The highest BCUT2D eigenvalue weighted by molar-refractivity contribution is 5.94. The number of hydrogen-bond donors (Lipinski definition) is 1. The van der Waals surface area contributed by atoms with Crippen molar-refractivity contribution >= 4 is 5.91 Å². The molecule has 0 saturated carbocycles. The Balaban J connectivity index is 2.84. The molecule has 19 heavy (non-hydrogen) atoms. The Morgan fingerprint density at radius 2 is 2.11 bits per heavy atom. The first kappa shape index (κ1) is 15.5. The Hall–Kier alpha value is -1.55. The number of methoxy groups -OCH3 is 1. The van der Waals surface area contributed by atoms with Crippen molar-refractivity contribution in [2.45, 2.75) is 39.9 Å². The second kappa shape index (κ2) is 7.79. The SMILES string of the molecule is CCCNC(=O)c1ccc(OC)c(COC(C)C)c1. The van der Waals surface area contributed by atoms with Crippen molar-refractivity contribution < 1.29 is 14.3 Å². The van der Waals surface area contributed by atoms with Crippen LogP contribution in [0.15, 0.2) is 18.2 Å². The predicted octanol–water partition coefficient (Wildman–Crippen LogP) is 2.76. The van der Waals surface area contributed by atoms with E-state index in [4.69, 9.17) is 9.47 Å². The maximum Gasteiger partial charge on any atom is 0.251 e. The van der Waals surface area contributed by atoms with Gasteiger partial charge in [-0.2, -0.15) is 0 Å². The molecule has 0 aliphatic rings. The number of carbonyl (C=O) groups excluding carboxylic acids is 1. The monoisotopic (exact) mass is 265 g/mol. The van der Waals surface area contributed by atoms with Gasteiger partial charge in [-0.15, -0.1) is 0 Å². The summed E-state index contributed by atoms with van der Waals surface area (Å²) in [5.74, 6) is 0.683. The third-order valence-electron chi connectivity index (χ3n) is 2.65. The maximum absolute atomic E-state index is 11.9. The van der Waals surface area contributed by atoms with E-state index >= 15 is 0 Å². The summed E-state index contributed by atoms with van der Waals surface area (Å²) in [6, 6.07) is 5.40. The van der Waals surface area contributed by atoms with Gasteiger partial charge in [0.15, 0.2) is 0 Å². The Morgan fingerprint density at radius 3 is 2.68 bits per heavy atom. The highest BCUT2D eigenvalue weighted by atomic mass is 16.5. The van der Waals surface area contributed by atoms with Crippen LogP contribution < -0.4 is 10.1 Å². The van der Waals surface area contributed by atoms with E-state index in [2.05, 4.69) is 5.32 Å². The minimum absolute atomic E-state index is 0.0599. The van der Waals surface area contributed by atoms with Gasteiger partial charge in [0.05, 0.1) is 19.8 Å². The van der Waals surface area contributed by atoms with Crippen LogP contribution in [0.2, 0.25) is 0 Å². The largest absolute Gasteiger partial charge is 0.496 e. The molecule has 0 saturated heterocycles. The molecular weight excluding hydrogens is 242 g/mol. The van der Waals surface area contributed by atoms with Crippen LogP contribution in [0.5, 0.6) is 5.75 Å². The quantitative estimate of drug-likeness (QED) is 0.824. The fourth-order valence-corrected chi connectivity index (χ4v) is 1.63. The van der Waals surface area contributed by atoms with Gasteiger partial charge in [-0.1, -0.05) is 6.92 Å². The van der Waals surface area contributed by atoms with Gasteiger partial charge in [0.1, 0.15) is 5.75 Å². The van der Waals surface area contributed by atoms with E-state index in [1.807, 2.05) is 26.8 Å². The molecule has 0 atom stereocenters. The van der Waals surface area contributed by atoms with E-state index in [0.29, 0.717) is 18.7 Å². The molecular formula is C15H23NO3. The molecule has 1 amide bonds. The Labute approximate surface area is 115 Å². The van der Waals surface area contributed by atoms with Crippen LogP contribution >= 0.6 is 0 Å². The van der Waals surface area contributed by atoms with Gasteiger partial charge in [-0.25, -0.2) is 0 Å². The molecule has 4 heteroatoms. The number of ether oxygens (including phenoxy) is 2. The summed E-state index contributed by atoms with van der Waals surface area (Å²) in [6.07, 6.45) is 1.06. The first-order chi connectivity index (χ1) is 9.08. The van der Waals surface area contributed by atoms with Crippen LogP contribution in [-0.2, 0) is 11.3 Å². The number of nitrogens with one attached hydrogen (secondary N) is 1. The third kappa shape index (κ3) is 4.91. The Bertz CT molecular complexity index is 416. The summed E-state index contributed by atoms with van der Waals surface area (Å²) in [7, 11) is 1.62. The molecule has 0 aliphatic heterocycles. The van der Waals surface area contributed by atoms with Crippen molar-refractivity contribution in [1.29, 1.82) is 0 Å². The number of carbonyl (C=O) groups is 1. The Kier molecular flexibility index (Phi) is 6.36. The fraction of sp³-hybridized carbons (Fsp3) is 0.533. The topological polar surface area (TPSA) is 47.6 Å². The fourth-order valence-electron chi connectivity index (χ4n) is 1.63. The first-order valence-electron chi connectivity index (χ1n) is 6.65. The molecule has 1 aromatic rings. The molecule has 1 aromatic carbocycles. The van der Waals surface area contributed by atoms with Gasteiger partial charge in [-0.3, -0.25) is 4.79 Å². The highest BCUT2D eigenvalue weighted by Gasteiger charge is 2.10. The van der Waals surface area contributed by atoms with Crippen LogP contribution in [0.3, 0.4) is 0 Å². The van der Waals surface area contributed by atoms with Gasteiger partial charge in [0.2, 0.25) is 0 Å². The summed E-state index contributed by atoms with van der Waals surface area (Å²) in [4.78, 5) is 11.9. The summed E-state index contributed by atoms with van der Waals surface area (Å²) in [5.41, 5.74) is 1.52. The molecule has 0 radical (unpaired) electrons. The molecule has 1 rings (SSSR count). The predicted molar refractivity (Wildman–Crippen MR) is 75.5 cm³/mol. The smallest absolute Gasteiger partial charge is 0.251 e. The van der Waals surface area contributed by atoms with Crippen LogP contribution in [0.4, 0.5) is 0 Å². The summed E-state index contributed by atoms with van der Waals surface area (Å²) < 4.78 is 10.9. The average Bonchev–Trinajstić information content (AvgIpc) is 2.42. The highest BCUT2D eigenvalue weighted by Crippen LogP contribution is 2.21. The number of amides is 1. The van der Waals surface area contributed by atoms with Gasteiger partial charge < -0.3 is 14.8 Å². The molecule has 0 fully saturated rings. The van der Waals surface area contributed by atoms with E-state index < -0.39 is 0 Å². The summed E-state index contributed by atoms with van der Waals surface area (Å²) in [5, 5.41) is 2.86. The van der Waals surface area contributed by atoms with Crippen LogP contribution in [0.25, 0.3) is 0 Å². The van der Waals surface area contributed by atoms with Crippen molar-refractivity contribution in [2.75, 3.05) is 13.7 Å². The second-order valence-corrected chi connectivity index (χ2v) is 4.64. The van der Waals surface area contributed by atoms with E-state index in [0.717, 1.165) is 17.7 Å². The molecule has 106 valence electrons. The molecule has 0 bridgehead atoms. The first-order valence-corrected chi connectivity index (χ1v) is 6.65.